The Bertz CT molecular complexity index is 346. The Hall–Kier alpha value is -0.770. The molecule has 0 N–H and O–H groups in total. The maximum atomic E-state index is 6.00. The molecule has 0 amide bonds. The van der Waals surface area contributed by atoms with E-state index in [4.69, 9.17) is 21.1 Å². The van der Waals surface area contributed by atoms with E-state index in [1.54, 1.807) is 14.2 Å². The van der Waals surface area contributed by atoms with Crippen LogP contribution in [0.1, 0.15) is 12.5 Å². The normalized spacial score (nSPS) is 12.4. The molecule has 0 fully saturated rings. The van der Waals surface area contributed by atoms with E-state index in [1.807, 2.05) is 12.1 Å². The van der Waals surface area contributed by atoms with Crippen molar-refractivity contribution in [3.8, 4) is 0 Å². The van der Waals surface area contributed by atoms with E-state index in [0.717, 1.165) is 17.8 Å². The number of hydrogen-bond acceptors (Lipinski definition) is 3. The second kappa shape index (κ2) is 8.35. The number of para-hydroxylation sites is 1. The second-order valence-corrected chi connectivity index (χ2v) is 4.52. The van der Waals surface area contributed by atoms with E-state index in [1.165, 1.54) is 0 Å². The van der Waals surface area contributed by atoms with E-state index in [2.05, 4.69) is 24.0 Å². The zero-order valence-electron chi connectivity index (χ0n) is 11.4. The highest BCUT2D eigenvalue weighted by atomic mass is 35.5. The molecule has 18 heavy (non-hydrogen) atoms. The summed E-state index contributed by atoms with van der Waals surface area (Å²) >= 11 is 6.00. The van der Waals surface area contributed by atoms with Gasteiger partial charge in [0.1, 0.15) is 0 Å². The summed E-state index contributed by atoms with van der Waals surface area (Å²) in [5, 5.41) is 0. The Morgan fingerprint density at radius 2 is 1.94 bits per heavy atom. The van der Waals surface area contributed by atoms with Gasteiger partial charge in [0.15, 0.2) is 0 Å². The predicted octanol–water partition coefficient (Wildman–Crippen LogP) is 2.91. The number of nitrogens with zero attached hydrogens (tertiary/aromatic N) is 1. The number of benzene rings is 1. The van der Waals surface area contributed by atoms with E-state index in [9.17, 15) is 0 Å². The molecular formula is C14H22ClNO2. The number of hydrogen-bond donors (Lipinski definition) is 0. The Balaban J connectivity index is 2.92. The van der Waals surface area contributed by atoms with Crippen molar-refractivity contribution in [1.82, 2.24) is 0 Å². The minimum Gasteiger partial charge on any atom is -0.383 e. The highest BCUT2D eigenvalue weighted by molar-refractivity contribution is 6.17. The summed E-state index contributed by atoms with van der Waals surface area (Å²) in [5.41, 5.74) is 2.30. The molecule has 0 spiro atoms. The van der Waals surface area contributed by atoms with Crippen molar-refractivity contribution >= 4 is 17.3 Å². The first-order valence-corrected chi connectivity index (χ1v) is 6.66. The van der Waals surface area contributed by atoms with Crippen molar-refractivity contribution in [2.24, 2.45) is 0 Å². The quantitative estimate of drug-likeness (QED) is 0.679. The number of alkyl halides is 1. The summed E-state index contributed by atoms with van der Waals surface area (Å²) in [6.07, 6.45) is 0. The molecule has 0 aromatic heterocycles. The summed E-state index contributed by atoms with van der Waals surface area (Å²) in [7, 11) is 3.44. The van der Waals surface area contributed by atoms with Crippen LogP contribution in [0.15, 0.2) is 24.3 Å². The molecule has 0 radical (unpaired) electrons. The summed E-state index contributed by atoms with van der Waals surface area (Å²) in [6, 6.07) is 8.48. The summed E-state index contributed by atoms with van der Waals surface area (Å²) in [6.45, 7) is 4.34. The lowest BCUT2D eigenvalue weighted by Crippen LogP contribution is -2.39. The van der Waals surface area contributed by atoms with Gasteiger partial charge >= 0.3 is 0 Å². The molecule has 4 heteroatoms. The van der Waals surface area contributed by atoms with Crippen LogP contribution in [0.3, 0.4) is 0 Å². The molecular weight excluding hydrogens is 250 g/mol. The van der Waals surface area contributed by atoms with Gasteiger partial charge in [0.2, 0.25) is 0 Å². The van der Waals surface area contributed by atoms with Crippen LogP contribution in [0.25, 0.3) is 0 Å². The molecule has 0 saturated heterocycles. The van der Waals surface area contributed by atoms with Crippen molar-refractivity contribution in [3.63, 3.8) is 0 Å². The fourth-order valence-corrected chi connectivity index (χ4v) is 2.23. The number of halogens is 1. The lowest BCUT2D eigenvalue weighted by molar-refractivity contribution is 0.171. The fraction of sp³-hybridized carbons (Fsp3) is 0.571. The Kier molecular flexibility index (Phi) is 7.09. The largest absolute Gasteiger partial charge is 0.383 e. The molecule has 0 saturated carbocycles. The molecule has 0 aliphatic heterocycles. The maximum Gasteiger partial charge on any atom is 0.0663 e. The third kappa shape index (κ3) is 4.16. The molecule has 1 aromatic carbocycles. The molecule has 0 heterocycles. The van der Waals surface area contributed by atoms with Gasteiger partial charge in [-0.25, -0.2) is 0 Å². The summed E-state index contributed by atoms with van der Waals surface area (Å²) in [5.74, 6) is 0.513. The number of anilines is 1. The first-order valence-electron chi connectivity index (χ1n) is 6.13. The molecule has 1 unspecified atom stereocenters. The van der Waals surface area contributed by atoms with Crippen LogP contribution < -0.4 is 4.90 Å². The minimum absolute atomic E-state index is 0.287. The van der Waals surface area contributed by atoms with Gasteiger partial charge in [0, 0.05) is 38.4 Å². The standard InChI is InChI=1S/C14H22ClNO2/c1-12(11-18-3)16(8-9-17-2)14-7-5-4-6-13(14)10-15/h4-7,12H,8-11H2,1-3H3. The van der Waals surface area contributed by atoms with Crippen LogP contribution >= 0.6 is 11.6 Å². The lowest BCUT2D eigenvalue weighted by Gasteiger charge is -2.32. The summed E-state index contributed by atoms with van der Waals surface area (Å²) in [4.78, 5) is 2.28. The van der Waals surface area contributed by atoms with E-state index < -0.39 is 0 Å². The van der Waals surface area contributed by atoms with Crippen LogP contribution in [0, 0.1) is 0 Å². The first kappa shape index (κ1) is 15.3. The van der Waals surface area contributed by atoms with Crippen LogP contribution in [0.2, 0.25) is 0 Å². The summed E-state index contributed by atoms with van der Waals surface area (Å²) < 4.78 is 10.4. The maximum absolute atomic E-state index is 6.00. The van der Waals surface area contributed by atoms with Crippen molar-refractivity contribution in [1.29, 1.82) is 0 Å². The number of methoxy groups -OCH3 is 2. The molecule has 102 valence electrons. The zero-order chi connectivity index (χ0) is 13.4. The molecule has 1 aromatic rings. The number of ether oxygens (including phenoxy) is 2. The van der Waals surface area contributed by atoms with E-state index in [-0.39, 0.29) is 6.04 Å². The predicted molar refractivity (Wildman–Crippen MR) is 76.6 cm³/mol. The van der Waals surface area contributed by atoms with Crippen molar-refractivity contribution < 1.29 is 9.47 Å². The topological polar surface area (TPSA) is 21.7 Å². The van der Waals surface area contributed by atoms with Gasteiger partial charge in [0.05, 0.1) is 13.2 Å². The number of rotatable bonds is 8. The molecule has 0 aliphatic carbocycles. The second-order valence-electron chi connectivity index (χ2n) is 4.25. The average Bonchev–Trinajstić information content (AvgIpc) is 2.40. The highest BCUT2D eigenvalue weighted by Gasteiger charge is 2.16. The highest BCUT2D eigenvalue weighted by Crippen LogP contribution is 2.24. The van der Waals surface area contributed by atoms with Gasteiger partial charge in [-0.2, -0.15) is 0 Å². The lowest BCUT2D eigenvalue weighted by atomic mass is 10.1. The Labute approximate surface area is 115 Å². The molecule has 1 rings (SSSR count). The third-order valence-corrected chi connectivity index (χ3v) is 3.21. The first-order chi connectivity index (χ1) is 8.74. The van der Waals surface area contributed by atoms with Crippen molar-refractivity contribution in [2.75, 3.05) is 38.9 Å². The van der Waals surface area contributed by atoms with Gasteiger partial charge < -0.3 is 14.4 Å². The van der Waals surface area contributed by atoms with E-state index >= 15 is 0 Å². The van der Waals surface area contributed by atoms with Gasteiger partial charge in [0.25, 0.3) is 0 Å². The SMILES string of the molecule is COCCN(c1ccccc1CCl)C(C)COC. The Morgan fingerprint density at radius 1 is 1.22 bits per heavy atom. The van der Waals surface area contributed by atoms with Gasteiger partial charge in [-0.15, -0.1) is 11.6 Å². The van der Waals surface area contributed by atoms with Crippen molar-refractivity contribution in [2.45, 2.75) is 18.8 Å². The van der Waals surface area contributed by atoms with Crippen LogP contribution in [-0.2, 0) is 15.4 Å². The Morgan fingerprint density at radius 3 is 2.56 bits per heavy atom. The third-order valence-electron chi connectivity index (χ3n) is 2.92. The van der Waals surface area contributed by atoms with Crippen LogP contribution in [0.5, 0.6) is 0 Å². The van der Waals surface area contributed by atoms with Gasteiger partial charge in [-0.1, -0.05) is 18.2 Å². The molecule has 0 bridgehead atoms. The minimum atomic E-state index is 0.287. The monoisotopic (exact) mass is 271 g/mol. The van der Waals surface area contributed by atoms with Gasteiger partial charge in [-0.3, -0.25) is 0 Å². The van der Waals surface area contributed by atoms with Gasteiger partial charge in [-0.05, 0) is 18.6 Å². The van der Waals surface area contributed by atoms with Crippen molar-refractivity contribution in [3.05, 3.63) is 29.8 Å². The van der Waals surface area contributed by atoms with E-state index in [0.29, 0.717) is 19.1 Å². The molecule has 1 atom stereocenters. The van der Waals surface area contributed by atoms with Crippen LogP contribution in [0.4, 0.5) is 5.69 Å². The smallest absolute Gasteiger partial charge is 0.0663 e. The zero-order valence-corrected chi connectivity index (χ0v) is 12.1. The molecule has 3 nitrogen and oxygen atoms in total. The van der Waals surface area contributed by atoms with Crippen LogP contribution in [-0.4, -0.2) is 40.0 Å². The average molecular weight is 272 g/mol. The fourth-order valence-electron chi connectivity index (χ4n) is 2.00. The molecule has 0 aliphatic rings.